The molecule has 0 aromatic heterocycles. The highest BCUT2D eigenvalue weighted by Gasteiger charge is 1.99. The number of halogens is 2. The van der Waals surface area contributed by atoms with Gasteiger partial charge in [-0.1, -0.05) is 40.2 Å². The number of alkyl halides is 1. The summed E-state index contributed by atoms with van der Waals surface area (Å²) in [6, 6.07) is 12.4. The zero-order valence-corrected chi connectivity index (χ0v) is 9.27. The van der Waals surface area contributed by atoms with Gasteiger partial charge in [-0.2, -0.15) is 0 Å². The maximum atomic E-state index is 5.84. The second-order valence-electron chi connectivity index (χ2n) is 2.92. The van der Waals surface area contributed by atoms with Crippen LogP contribution < -0.4 is 0 Å². The molecule has 0 aliphatic carbocycles. The van der Waals surface area contributed by atoms with Crippen molar-refractivity contribution in [3.8, 4) is 0 Å². The van der Waals surface area contributed by atoms with Crippen LogP contribution >= 0.6 is 27.5 Å². The van der Waals surface area contributed by atoms with Gasteiger partial charge in [0.25, 0.3) is 0 Å². The van der Waals surface area contributed by atoms with E-state index in [1.807, 2.05) is 12.1 Å². The molecule has 0 heterocycles. The van der Waals surface area contributed by atoms with Gasteiger partial charge in [-0.25, -0.2) is 0 Å². The standard InChI is InChI=1S/C11H8BrCl/c12-10-5-4-8-2-1-3-9(7-13)11(8)6-10/h1-6H,7H2. The Morgan fingerprint density at radius 2 is 2.00 bits per heavy atom. The normalized spacial score (nSPS) is 10.6. The van der Waals surface area contributed by atoms with E-state index in [0.717, 1.165) is 4.47 Å². The van der Waals surface area contributed by atoms with Crippen molar-refractivity contribution in [1.82, 2.24) is 0 Å². The molecular weight excluding hydrogens is 247 g/mol. The van der Waals surface area contributed by atoms with Crippen LogP contribution in [-0.4, -0.2) is 0 Å². The lowest BCUT2D eigenvalue weighted by Crippen LogP contribution is -1.81. The number of benzene rings is 2. The van der Waals surface area contributed by atoms with Gasteiger partial charge in [0.1, 0.15) is 0 Å². The summed E-state index contributed by atoms with van der Waals surface area (Å²) in [5.74, 6) is 0.563. The molecule has 13 heavy (non-hydrogen) atoms. The van der Waals surface area contributed by atoms with Crippen molar-refractivity contribution in [2.24, 2.45) is 0 Å². The third-order valence-electron chi connectivity index (χ3n) is 2.08. The number of hydrogen-bond donors (Lipinski definition) is 0. The molecule has 0 aliphatic rings. The first kappa shape index (κ1) is 9.04. The summed E-state index contributed by atoms with van der Waals surface area (Å²) < 4.78 is 1.09. The molecule has 0 spiro atoms. The van der Waals surface area contributed by atoms with E-state index in [2.05, 4.69) is 40.2 Å². The summed E-state index contributed by atoms with van der Waals surface area (Å²) in [5.41, 5.74) is 1.18. The van der Waals surface area contributed by atoms with Crippen molar-refractivity contribution in [3.05, 3.63) is 46.4 Å². The first-order valence-corrected chi connectivity index (χ1v) is 5.37. The van der Waals surface area contributed by atoms with Gasteiger partial charge in [0.2, 0.25) is 0 Å². The lowest BCUT2D eigenvalue weighted by atomic mass is 10.1. The van der Waals surface area contributed by atoms with E-state index >= 15 is 0 Å². The summed E-state index contributed by atoms with van der Waals surface area (Å²) in [5, 5.41) is 2.47. The molecule has 0 fully saturated rings. The molecule has 0 saturated carbocycles. The predicted octanol–water partition coefficient (Wildman–Crippen LogP) is 4.34. The predicted molar refractivity (Wildman–Crippen MR) is 61.2 cm³/mol. The van der Waals surface area contributed by atoms with E-state index in [0.29, 0.717) is 5.88 Å². The van der Waals surface area contributed by atoms with E-state index in [4.69, 9.17) is 11.6 Å². The van der Waals surface area contributed by atoms with Gasteiger partial charge in [0, 0.05) is 10.4 Å². The SMILES string of the molecule is ClCc1cccc2ccc(Br)cc12. The molecule has 2 heteroatoms. The molecule has 0 aliphatic heterocycles. The summed E-state index contributed by atoms with van der Waals surface area (Å²) >= 11 is 9.30. The molecule has 0 saturated heterocycles. The van der Waals surface area contributed by atoms with Gasteiger partial charge in [0.15, 0.2) is 0 Å². The third kappa shape index (κ3) is 1.72. The monoisotopic (exact) mass is 254 g/mol. The van der Waals surface area contributed by atoms with Crippen LogP contribution in [0.1, 0.15) is 5.56 Å². The Bertz CT molecular complexity index is 437. The number of fused-ring (bicyclic) bond motifs is 1. The van der Waals surface area contributed by atoms with Gasteiger partial charge < -0.3 is 0 Å². The van der Waals surface area contributed by atoms with E-state index in [1.165, 1.54) is 16.3 Å². The fraction of sp³-hybridized carbons (Fsp3) is 0.0909. The fourth-order valence-electron chi connectivity index (χ4n) is 1.43. The van der Waals surface area contributed by atoms with Gasteiger partial charge in [-0.05, 0) is 28.5 Å². The lowest BCUT2D eigenvalue weighted by Gasteiger charge is -2.03. The molecule has 0 bridgehead atoms. The molecular formula is C11H8BrCl. The Morgan fingerprint density at radius 3 is 2.77 bits per heavy atom. The Labute approximate surface area is 90.6 Å². The smallest absolute Gasteiger partial charge is 0.0480 e. The quantitative estimate of drug-likeness (QED) is 0.665. The molecule has 66 valence electrons. The topological polar surface area (TPSA) is 0 Å². The zero-order valence-electron chi connectivity index (χ0n) is 6.93. The van der Waals surface area contributed by atoms with Crippen LogP contribution in [0.4, 0.5) is 0 Å². The average Bonchev–Trinajstić information content (AvgIpc) is 2.17. The van der Waals surface area contributed by atoms with Crippen LogP contribution in [0.25, 0.3) is 10.8 Å². The largest absolute Gasteiger partial charge is 0.122 e. The van der Waals surface area contributed by atoms with E-state index in [1.54, 1.807) is 0 Å². The Hall–Kier alpha value is -0.530. The van der Waals surface area contributed by atoms with E-state index < -0.39 is 0 Å². The highest BCUT2D eigenvalue weighted by molar-refractivity contribution is 9.10. The average molecular weight is 256 g/mol. The summed E-state index contributed by atoms with van der Waals surface area (Å²) in [4.78, 5) is 0. The second kappa shape index (κ2) is 3.69. The number of hydrogen-bond acceptors (Lipinski definition) is 0. The van der Waals surface area contributed by atoms with Crippen LogP contribution in [0, 0.1) is 0 Å². The molecule has 0 unspecified atom stereocenters. The van der Waals surface area contributed by atoms with Crippen molar-refractivity contribution >= 4 is 38.3 Å². The number of rotatable bonds is 1. The van der Waals surface area contributed by atoms with Gasteiger partial charge in [0.05, 0.1) is 0 Å². The van der Waals surface area contributed by atoms with Gasteiger partial charge in [-0.3, -0.25) is 0 Å². The molecule has 2 aromatic carbocycles. The molecule has 0 N–H and O–H groups in total. The molecule has 0 radical (unpaired) electrons. The van der Waals surface area contributed by atoms with Gasteiger partial charge >= 0.3 is 0 Å². The highest BCUT2D eigenvalue weighted by Crippen LogP contribution is 2.23. The van der Waals surface area contributed by atoms with E-state index in [9.17, 15) is 0 Å². The van der Waals surface area contributed by atoms with Crippen LogP contribution in [0.5, 0.6) is 0 Å². The van der Waals surface area contributed by atoms with Crippen molar-refractivity contribution < 1.29 is 0 Å². The summed E-state index contributed by atoms with van der Waals surface area (Å²) in [7, 11) is 0. The van der Waals surface area contributed by atoms with Crippen LogP contribution in [0.15, 0.2) is 40.9 Å². The van der Waals surface area contributed by atoms with Crippen molar-refractivity contribution in [1.29, 1.82) is 0 Å². The van der Waals surface area contributed by atoms with Crippen molar-refractivity contribution in [2.45, 2.75) is 5.88 Å². The molecule has 2 rings (SSSR count). The second-order valence-corrected chi connectivity index (χ2v) is 4.10. The minimum Gasteiger partial charge on any atom is -0.122 e. The molecule has 0 atom stereocenters. The summed E-state index contributed by atoms with van der Waals surface area (Å²) in [6.07, 6.45) is 0. The minimum absolute atomic E-state index is 0.563. The van der Waals surface area contributed by atoms with Crippen LogP contribution in [0.2, 0.25) is 0 Å². The van der Waals surface area contributed by atoms with E-state index in [-0.39, 0.29) is 0 Å². The first-order chi connectivity index (χ1) is 6.31. The lowest BCUT2D eigenvalue weighted by molar-refractivity contribution is 1.45. The Balaban J connectivity index is 2.79. The molecule has 0 amide bonds. The maximum absolute atomic E-state index is 5.84. The fourth-order valence-corrected chi connectivity index (χ4v) is 2.02. The Morgan fingerprint density at radius 1 is 1.15 bits per heavy atom. The maximum Gasteiger partial charge on any atom is 0.0480 e. The minimum atomic E-state index is 0.563. The zero-order chi connectivity index (χ0) is 9.26. The third-order valence-corrected chi connectivity index (χ3v) is 2.86. The van der Waals surface area contributed by atoms with Gasteiger partial charge in [-0.15, -0.1) is 11.6 Å². The summed E-state index contributed by atoms with van der Waals surface area (Å²) in [6.45, 7) is 0. The first-order valence-electron chi connectivity index (χ1n) is 4.04. The van der Waals surface area contributed by atoms with Crippen LogP contribution in [-0.2, 0) is 5.88 Å². The Kier molecular flexibility index (Phi) is 2.56. The highest BCUT2D eigenvalue weighted by atomic mass is 79.9. The van der Waals surface area contributed by atoms with Crippen molar-refractivity contribution in [3.63, 3.8) is 0 Å². The van der Waals surface area contributed by atoms with Crippen LogP contribution in [0.3, 0.4) is 0 Å². The molecule has 2 aromatic rings. The van der Waals surface area contributed by atoms with Crippen molar-refractivity contribution in [2.75, 3.05) is 0 Å². The molecule has 0 nitrogen and oxygen atoms in total.